The summed E-state index contributed by atoms with van der Waals surface area (Å²) < 4.78 is 0. The number of nitro benzene ring substituents is 1. The zero-order chi connectivity index (χ0) is 10.0. The van der Waals surface area contributed by atoms with E-state index in [-0.39, 0.29) is 0 Å². The molecule has 0 atom stereocenters. The highest BCUT2D eigenvalue weighted by Gasteiger charge is 2.22. The molecule has 13 heavy (non-hydrogen) atoms. The molecule has 0 aliphatic heterocycles. The second-order valence-electron chi connectivity index (χ2n) is 2.20. The molecule has 0 amide bonds. The summed E-state index contributed by atoms with van der Waals surface area (Å²) in [4.78, 5) is 9.41. The lowest BCUT2D eigenvalue weighted by Crippen LogP contribution is -1.92. The van der Waals surface area contributed by atoms with Gasteiger partial charge >= 0.3 is 5.69 Å². The van der Waals surface area contributed by atoms with Crippen LogP contribution in [0.1, 0.15) is 5.56 Å². The van der Waals surface area contributed by atoms with Crippen molar-refractivity contribution < 1.29 is 15.1 Å². The van der Waals surface area contributed by atoms with E-state index in [4.69, 9.17) is 15.5 Å². The topological polar surface area (TPSA) is 107 Å². The highest BCUT2D eigenvalue weighted by molar-refractivity contribution is 5.63. The van der Waals surface area contributed by atoms with Crippen LogP contribution >= 0.6 is 0 Å². The number of phenolic OH excluding ortho intramolecular Hbond substituents is 2. The number of aromatic hydroxyl groups is 2. The van der Waals surface area contributed by atoms with Crippen molar-refractivity contribution in [3.05, 3.63) is 27.8 Å². The van der Waals surface area contributed by atoms with Crippen molar-refractivity contribution in [2.45, 2.75) is 0 Å². The van der Waals surface area contributed by atoms with Crippen LogP contribution in [0, 0.1) is 21.4 Å². The third-order valence-corrected chi connectivity index (χ3v) is 1.43. The molecule has 0 saturated heterocycles. The molecule has 1 aromatic carbocycles. The molecule has 6 heteroatoms. The molecule has 1 rings (SSSR count). The van der Waals surface area contributed by atoms with Gasteiger partial charge in [0.05, 0.1) is 4.92 Å². The Morgan fingerprint density at radius 1 is 1.38 bits per heavy atom. The van der Waals surface area contributed by atoms with Crippen LogP contribution in [0.15, 0.2) is 12.1 Å². The normalized spacial score (nSPS) is 9.15. The van der Waals surface area contributed by atoms with Crippen molar-refractivity contribution in [2.75, 3.05) is 0 Å². The van der Waals surface area contributed by atoms with E-state index in [2.05, 4.69) is 0 Å². The molecule has 0 fully saturated rings. The van der Waals surface area contributed by atoms with Gasteiger partial charge in [0.2, 0.25) is 0 Å². The zero-order valence-electron chi connectivity index (χ0n) is 6.26. The van der Waals surface area contributed by atoms with Gasteiger partial charge in [-0.15, -0.1) is 0 Å². The molecule has 0 aliphatic rings. The standard InChI is InChI=1S/C7H4N2O4/c8-3-4-5(10)1-2-6(11)7(4)9(12)13/h1-2,10-11H. The molecule has 1 aromatic rings. The van der Waals surface area contributed by atoms with Crippen LogP contribution in [-0.4, -0.2) is 15.1 Å². The van der Waals surface area contributed by atoms with E-state index in [9.17, 15) is 10.1 Å². The molecular weight excluding hydrogens is 176 g/mol. The lowest BCUT2D eigenvalue weighted by molar-refractivity contribution is -0.386. The molecule has 0 heterocycles. The number of hydrogen-bond acceptors (Lipinski definition) is 5. The van der Waals surface area contributed by atoms with Crippen LogP contribution in [0.25, 0.3) is 0 Å². The van der Waals surface area contributed by atoms with E-state index in [0.717, 1.165) is 12.1 Å². The highest BCUT2D eigenvalue weighted by Crippen LogP contribution is 2.34. The van der Waals surface area contributed by atoms with Crippen LogP contribution in [0.4, 0.5) is 5.69 Å². The number of benzene rings is 1. The fourth-order valence-corrected chi connectivity index (χ4v) is 0.865. The predicted octanol–water partition coefficient (Wildman–Crippen LogP) is 0.878. The molecular formula is C7H4N2O4. The van der Waals surface area contributed by atoms with E-state index in [1.165, 1.54) is 6.07 Å². The first-order valence-corrected chi connectivity index (χ1v) is 3.17. The maximum atomic E-state index is 10.3. The Labute approximate surface area is 72.4 Å². The summed E-state index contributed by atoms with van der Waals surface area (Å²) in [5, 5.41) is 36.8. The summed E-state index contributed by atoms with van der Waals surface area (Å²) in [6, 6.07) is 3.40. The van der Waals surface area contributed by atoms with Gasteiger partial charge in [0.1, 0.15) is 11.8 Å². The van der Waals surface area contributed by atoms with Crippen LogP contribution in [-0.2, 0) is 0 Å². The number of nitro groups is 1. The lowest BCUT2D eigenvalue weighted by atomic mass is 10.1. The van der Waals surface area contributed by atoms with Crippen LogP contribution in [0.5, 0.6) is 11.5 Å². The van der Waals surface area contributed by atoms with Crippen molar-refractivity contribution in [1.82, 2.24) is 0 Å². The average molecular weight is 180 g/mol. The van der Waals surface area contributed by atoms with Gasteiger partial charge in [0, 0.05) is 0 Å². The molecule has 0 aliphatic carbocycles. The van der Waals surface area contributed by atoms with Gasteiger partial charge in [-0.3, -0.25) is 10.1 Å². The van der Waals surface area contributed by atoms with E-state index in [1.807, 2.05) is 0 Å². The number of rotatable bonds is 1. The van der Waals surface area contributed by atoms with Gasteiger partial charge in [-0.1, -0.05) is 0 Å². The SMILES string of the molecule is N#Cc1c(O)ccc(O)c1[N+](=O)[O-]. The predicted molar refractivity (Wildman–Crippen MR) is 41.1 cm³/mol. The Morgan fingerprint density at radius 2 is 1.92 bits per heavy atom. The Bertz CT molecular complexity index is 408. The Hall–Kier alpha value is -2.29. The Morgan fingerprint density at radius 3 is 2.31 bits per heavy atom. The van der Waals surface area contributed by atoms with Crippen LogP contribution in [0.3, 0.4) is 0 Å². The van der Waals surface area contributed by atoms with Crippen molar-refractivity contribution in [3.8, 4) is 17.6 Å². The lowest BCUT2D eigenvalue weighted by Gasteiger charge is -1.99. The first kappa shape index (κ1) is 8.80. The second kappa shape index (κ2) is 2.98. The summed E-state index contributed by atoms with van der Waals surface area (Å²) in [5.74, 6) is -1.16. The fourth-order valence-electron chi connectivity index (χ4n) is 0.865. The molecule has 66 valence electrons. The van der Waals surface area contributed by atoms with Crippen molar-refractivity contribution >= 4 is 5.69 Å². The number of hydrogen-bond donors (Lipinski definition) is 2. The third-order valence-electron chi connectivity index (χ3n) is 1.43. The van der Waals surface area contributed by atoms with Gasteiger partial charge < -0.3 is 10.2 Å². The van der Waals surface area contributed by atoms with Gasteiger partial charge in [-0.25, -0.2) is 0 Å². The molecule has 0 saturated carbocycles. The quantitative estimate of drug-likeness (QED) is 0.379. The number of nitrogens with zero attached hydrogens (tertiary/aromatic N) is 2. The maximum Gasteiger partial charge on any atom is 0.332 e. The summed E-state index contributed by atoms with van der Waals surface area (Å²) in [7, 11) is 0. The minimum Gasteiger partial charge on any atom is -0.506 e. The monoisotopic (exact) mass is 180 g/mol. The molecule has 0 aromatic heterocycles. The molecule has 0 spiro atoms. The summed E-state index contributed by atoms with van der Waals surface area (Å²) in [5.41, 5.74) is -1.31. The third kappa shape index (κ3) is 1.35. The van der Waals surface area contributed by atoms with E-state index < -0.39 is 27.7 Å². The molecule has 0 unspecified atom stereocenters. The average Bonchev–Trinajstić information content (AvgIpc) is 2.07. The Balaban J connectivity index is 3.55. The van der Waals surface area contributed by atoms with E-state index >= 15 is 0 Å². The fraction of sp³-hybridized carbons (Fsp3) is 0. The second-order valence-corrected chi connectivity index (χ2v) is 2.20. The summed E-state index contributed by atoms with van der Waals surface area (Å²) in [6.45, 7) is 0. The summed E-state index contributed by atoms with van der Waals surface area (Å²) in [6.07, 6.45) is 0. The molecule has 6 nitrogen and oxygen atoms in total. The van der Waals surface area contributed by atoms with Gasteiger partial charge in [-0.2, -0.15) is 5.26 Å². The molecule has 0 radical (unpaired) electrons. The minimum atomic E-state index is -0.923. The van der Waals surface area contributed by atoms with Gasteiger partial charge in [0.15, 0.2) is 11.3 Å². The smallest absolute Gasteiger partial charge is 0.332 e. The van der Waals surface area contributed by atoms with E-state index in [0.29, 0.717) is 0 Å². The maximum absolute atomic E-state index is 10.3. The van der Waals surface area contributed by atoms with Crippen molar-refractivity contribution in [2.24, 2.45) is 0 Å². The zero-order valence-corrected chi connectivity index (χ0v) is 6.26. The van der Waals surface area contributed by atoms with E-state index in [1.54, 1.807) is 0 Å². The molecule has 2 N–H and O–H groups in total. The van der Waals surface area contributed by atoms with Crippen LogP contribution in [0.2, 0.25) is 0 Å². The number of phenols is 2. The van der Waals surface area contributed by atoms with Crippen molar-refractivity contribution in [3.63, 3.8) is 0 Å². The van der Waals surface area contributed by atoms with Gasteiger partial charge in [-0.05, 0) is 12.1 Å². The minimum absolute atomic E-state index is 0.521. The summed E-state index contributed by atoms with van der Waals surface area (Å²) >= 11 is 0. The first-order chi connectivity index (χ1) is 6.07. The van der Waals surface area contributed by atoms with Crippen molar-refractivity contribution in [1.29, 1.82) is 5.26 Å². The van der Waals surface area contributed by atoms with Crippen LogP contribution < -0.4 is 0 Å². The number of nitriles is 1. The highest BCUT2D eigenvalue weighted by atomic mass is 16.6. The molecule has 0 bridgehead atoms. The van der Waals surface area contributed by atoms with Gasteiger partial charge in [0.25, 0.3) is 0 Å². The largest absolute Gasteiger partial charge is 0.506 e. The first-order valence-electron chi connectivity index (χ1n) is 3.17. The Kier molecular flexibility index (Phi) is 2.02.